The van der Waals surface area contributed by atoms with Crippen LogP contribution >= 0.6 is 8.53 Å². The van der Waals surface area contributed by atoms with Crippen LogP contribution in [-0.2, 0) is 23.4 Å². The Kier molecular flexibility index (Phi) is 14.4. The zero-order chi connectivity index (χ0) is 40.6. The summed E-state index contributed by atoms with van der Waals surface area (Å²) >= 11 is 0. The lowest BCUT2D eigenvalue weighted by Gasteiger charge is -2.32. The SMILES string of the molecule is CC[C@H]1O[C@@H](n2cc(/C=C/C(=O)NCCCCCCNC(=O)C(F)(F)F)c(=O)[nH]c2=O)C[C@H]1OP1O[C@H](C[Si](C)(c2ccccc2)c2ccccc2)[C@@H]2CCCN21. The number of benzene rings is 2. The summed E-state index contributed by atoms with van der Waals surface area (Å²) < 4.78 is 60.6. The van der Waals surface area contributed by atoms with E-state index in [1.807, 2.05) is 12.2 Å². The number of unbranched alkanes of at least 4 members (excludes halogenated alkanes) is 3. The molecule has 6 atom stereocenters. The Labute approximate surface area is 332 Å². The van der Waals surface area contributed by atoms with Crippen LogP contribution in [0.4, 0.5) is 13.2 Å². The Bertz CT molecular complexity index is 1930. The summed E-state index contributed by atoms with van der Waals surface area (Å²) in [5.74, 6) is -2.41. The normalized spacial score (nSPS) is 23.9. The van der Waals surface area contributed by atoms with Gasteiger partial charge in [-0.25, -0.2) is 9.46 Å². The Hall–Kier alpha value is -3.92. The molecule has 3 fully saturated rings. The molecule has 12 nitrogen and oxygen atoms in total. The Balaban J connectivity index is 1.05. The molecule has 2 aromatic carbocycles. The number of amides is 2. The molecule has 1 aromatic heterocycles. The maximum absolute atomic E-state index is 13.1. The van der Waals surface area contributed by atoms with Crippen molar-refractivity contribution in [3.63, 3.8) is 0 Å². The van der Waals surface area contributed by atoms with Gasteiger partial charge in [-0.2, -0.15) is 13.2 Å². The average molecular weight is 830 g/mol. The lowest BCUT2D eigenvalue weighted by Crippen LogP contribution is -2.58. The van der Waals surface area contributed by atoms with Crippen molar-refractivity contribution < 1.29 is 36.5 Å². The van der Waals surface area contributed by atoms with Gasteiger partial charge in [0.25, 0.3) is 14.1 Å². The van der Waals surface area contributed by atoms with Crippen LogP contribution in [0.25, 0.3) is 6.08 Å². The van der Waals surface area contributed by atoms with Gasteiger partial charge in [0.05, 0.1) is 23.9 Å². The molecule has 0 spiro atoms. The quantitative estimate of drug-likeness (QED) is 0.0750. The highest BCUT2D eigenvalue weighted by molar-refractivity contribution is 7.45. The van der Waals surface area contributed by atoms with Gasteiger partial charge in [-0.3, -0.25) is 23.9 Å². The summed E-state index contributed by atoms with van der Waals surface area (Å²) in [6.07, 6.45) is 2.98. The van der Waals surface area contributed by atoms with E-state index in [-0.39, 0.29) is 36.5 Å². The number of hydrogen-bond donors (Lipinski definition) is 3. The predicted octanol–water partition coefficient (Wildman–Crippen LogP) is 4.97. The van der Waals surface area contributed by atoms with Crippen LogP contribution in [-0.4, -0.2) is 84.3 Å². The molecule has 6 rings (SSSR count). The summed E-state index contributed by atoms with van der Waals surface area (Å²) in [6, 6.07) is 22.7. The number of nitrogens with zero attached hydrogens (tertiary/aromatic N) is 2. The maximum Gasteiger partial charge on any atom is 0.471 e. The minimum Gasteiger partial charge on any atom is -0.353 e. The van der Waals surface area contributed by atoms with Crippen LogP contribution < -0.4 is 32.3 Å². The minimum atomic E-state index is -4.90. The van der Waals surface area contributed by atoms with Crippen molar-refractivity contribution in [3.8, 4) is 0 Å². The first-order chi connectivity index (χ1) is 27.4. The second-order valence-electron chi connectivity index (χ2n) is 15.0. The molecule has 3 aliphatic heterocycles. The van der Waals surface area contributed by atoms with Gasteiger partial charge >= 0.3 is 17.8 Å². The fourth-order valence-corrected chi connectivity index (χ4v) is 13.9. The topological polar surface area (TPSA) is 144 Å². The third kappa shape index (κ3) is 10.6. The van der Waals surface area contributed by atoms with Crippen LogP contribution in [0.5, 0.6) is 0 Å². The Morgan fingerprint density at radius 1 is 0.982 bits per heavy atom. The number of hydrogen-bond acceptors (Lipinski definition) is 8. The number of ether oxygens (including phenoxy) is 1. The predicted molar refractivity (Wildman–Crippen MR) is 215 cm³/mol. The number of carbonyl (C=O) groups excluding carboxylic acids is 2. The van der Waals surface area contributed by atoms with Crippen molar-refractivity contribution in [2.45, 2.75) is 108 Å². The van der Waals surface area contributed by atoms with E-state index in [0.717, 1.165) is 25.4 Å². The number of halogens is 3. The van der Waals surface area contributed by atoms with Gasteiger partial charge in [0.2, 0.25) is 5.91 Å². The molecule has 3 N–H and O–H groups in total. The van der Waals surface area contributed by atoms with E-state index in [0.29, 0.717) is 45.1 Å². The number of alkyl halides is 3. The fourth-order valence-electron chi connectivity index (χ4n) is 7.92. The lowest BCUT2D eigenvalue weighted by atomic mass is 10.1. The molecule has 57 heavy (non-hydrogen) atoms. The molecular weight excluding hydrogens is 779 g/mol. The van der Waals surface area contributed by atoms with Crippen molar-refractivity contribution in [2.75, 3.05) is 19.6 Å². The number of fused-ring (bicyclic) bond motifs is 1. The molecule has 2 amide bonds. The van der Waals surface area contributed by atoms with Crippen LogP contribution in [0.2, 0.25) is 12.6 Å². The molecule has 1 unspecified atom stereocenters. The first-order valence-corrected chi connectivity index (χ1v) is 23.5. The molecule has 3 aromatic rings. The number of aromatic amines is 1. The fraction of sp³-hybridized carbons (Fsp3) is 0.500. The van der Waals surface area contributed by atoms with Crippen LogP contribution in [0.15, 0.2) is 82.5 Å². The van der Waals surface area contributed by atoms with E-state index in [1.54, 1.807) is 0 Å². The van der Waals surface area contributed by atoms with Crippen LogP contribution in [0, 0.1) is 0 Å². The average Bonchev–Trinajstić information content (AvgIpc) is 3.93. The summed E-state index contributed by atoms with van der Waals surface area (Å²) in [5.41, 5.74) is -1.18. The lowest BCUT2D eigenvalue weighted by molar-refractivity contribution is -0.173. The first kappa shape index (κ1) is 42.7. The van der Waals surface area contributed by atoms with Gasteiger partial charge in [-0.1, -0.05) is 97.3 Å². The zero-order valence-corrected chi connectivity index (χ0v) is 34.1. The molecule has 0 radical (unpaired) electrons. The standard InChI is InChI=1S/C40H51F3N5O7PSi/c1-3-32-33(54-56-48-24-14-19-31(48)34(55-56)27-57(2,29-15-8-6-9-16-29)30-17-10-7-11-18-30)25-36(53-32)47-26-28(37(50)46-39(47)52)20-21-35(49)44-22-12-4-5-13-23-45-38(51)40(41,42)43/h6-11,15-18,20-21,26,31-34,36H,3-5,12-14,19,22-25,27H2,1-2H3,(H,44,49)(H,45,51)(H,46,50,52)/b21-20+/t31-,32+,33+,34+,36+,56?/m0/s1. The van der Waals surface area contributed by atoms with E-state index in [4.69, 9.17) is 13.8 Å². The number of aromatic nitrogens is 2. The van der Waals surface area contributed by atoms with Gasteiger partial charge in [0.15, 0.2) is 0 Å². The smallest absolute Gasteiger partial charge is 0.353 e. The highest BCUT2D eigenvalue weighted by Gasteiger charge is 2.51. The third-order valence-corrected chi connectivity index (χ3v) is 17.3. The number of nitrogens with one attached hydrogen (secondary N) is 3. The van der Waals surface area contributed by atoms with Crippen LogP contribution in [0.1, 0.15) is 70.1 Å². The van der Waals surface area contributed by atoms with E-state index in [9.17, 15) is 32.3 Å². The summed E-state index contributed by atoms with van der Waals surface area (Å²) in [7, 11) is -3.56. The summed E-state index contributed by atoms with van der Waals surface area (Å²) in [5, 5.41) is 7.27. The highest BCUT2D eigenvalue weighted by Crippen LogP contribution is 2.59. The van der Waals surface area contributed by atoms with Crippen molar-refractivity contribution in [2.24, 2.45) is 0 Å². The number of rotatable bonds is 17. The van der Waals surface area contributed by atoms with Gasteiger partial charge in [-0.05, 0) is 44.2 Å². The van der Waals surface area contributed by atoms with Crippen molar-refractivity contribution >= 4 is 44.9 Å². The van der Waals surface area contributed by atoms with E-state index in [2.05, 4.69) is 82.2 Å². The second kappa shape index (κ2) is 19.2. The van der Waals surface area contributed by atoms with Crippen molar-refractivity contribution in [1.29, 1.82) is 0 Å². The van der Waals surface area contributed by atoms with E-state index < -0.39 is 52.1 Å². The molecule has 17 heteroatoms. The summed E-state index contributed by atoms with van der Waals surface area (Å²) in [4.78, 5) is 51.4. The molecule has 0 saturated carbocycles. The molecule has 4 heterocycles. The summed E-state index contributed by atoms with van der Waals surface area (Å²) in [6.45, 7) is 5.56. The minimum absolute atomic E-state index is 0.0115. The van der Waals surface area contributed by atoms with Gasteiger partial charge in [0.1, 0.15) is 14.3 Å². The monoisotopic (exact) mass is 829 g/mol. The Morgan fingerprint density at radius 3 is 2.26 bits per heavy atom. The van der Waals surface area contributed by atoms with Gasteiger partial charge in [-0.15, -0.1) is 0 Å². The molecule has 3 aliphatic rings. The van der Waals surface area contributed by atoms with Gasteiger partial charge < -0.3 is 24.4 Å². The molecule has 0 aliphatic carbocycles. The van der Waals surface area contributed by atoms with Crippen molar-refractivity contribution in [1.82, 2.24) is 24.9 Å². The molecule has 0 bridgehead atoms. The Morgan fingerprint density at radius 2 is 1.63 bits per heavy atom. The zero-order valence-electron chi connectivity index (χ0n) is 32.2. The molecular formula is C40H51F3N5O7PSi. The van der Waals surface area contributed by atoms with E-state index in [1.165, 1.54) is 33.3 Å². The maximum atomic E-state index is 13.1. The van der Waals surface area contributed by atoms with Gasteiger partial charge in [0, 0.05) is 44.4 Å². The largest absolute Gasteiger partial charge is 0.471 e. The molecule has 308 valence electrons. The third-order valence-electron chi connectivity index (χ3n) is 11.0. The van der Waals surface area contributed by atoms with Crippen molar-refractivity contribution in [3.05, 3.63) is 99.3 Å². The number of carbonyl (C=O) groups is 2. The van der Waals surface area contributed by atoms with Crippen LogP contribution in [0.3, 0.4) is 0 Å². The number of H-pyrrole nitrogens is 1. The highest BCUT2D eigenvalue weighted by atomic mass is 31.2. The first-order valence-electron chi connectivity index (χ1n) is 19.7. The van der Waals surface area contributed by atoms with E-state index >= 15 is 0 Å². The molecule has 3 saturated heterocycles. The second-order valence-corrected chi connectivity index (χ2v) is 20.6.